The Balaban J connectivity index is 2.30. The summed E-state index contributed by atoms with van der Waals surface area (Å²) in [6, 6.07) is 4.33. The van der Waals surface area contributed by atoms with Gasteiger partial charge in [-0.3, -0.25) is 0 Å². The Labute approximate surface area is 107 Å². The van der Waals surface area contributed by atoms with Crippen LogP contribution in [0.2, 0.25) is 0 Å². The lowest BCUT2D eigenvalue weighted by Gasteiger charge is -2.15. The predicted molar refractivity (Wildman–Crippen MR) is 71.1 cm³/mol. The number of aryl methyl sites for hydroxylation is 2. The van der Waals surface area contributed by atoms with Gasteiger partial charge in [-0.15, -0.1) is 11.8 Å². The van der Waals surface area contributed by atoms with E-state index in [9.17, 15) is 5.26 Å². The third kappa shape index (κ3) is 2.63. The maximum Gasteiger partial charge on any atom is 0.114 e. The molecule has 1 aromatic heterocycles. The molecule has 0 spiro atoms. The number of aromatic nitrogens is 1. The highest BCUT2D eigenvalue weighted by Crippen LogP contribution is 2.32. The van der Waals surface area contributed by atoms with E-state index in [1.54, 1.807) is 11.8 Å². The quantitative estimate of drug-likeness (QED) is 0.765. The molecule has 1 atom stereocenters. The highest BCUT2D eigenvalue weighted by Gasteiger charge is 2.19. The van der Waals surface area contributed by atoms with Crippen LogP contribution < -0.4 is 0 Å². The first kappa shape index (κ1) is 12.4. The van der Waals surface area contributed by atoms with Crippen LogP contribution in [-0.2, 0) is 12.8 Å². The topological polar surface area (TPSA) is 36.7 Å². The number of nitrogens with zero attached hydrogens (tertiary/aromatic N) is 2. The first-order valence-electron chi connectivity index (χ1n) is 6.21. The standard InChI is InChI=1S/C14H18N2S/c1-9(2)10(3)17-14-12(8-15)7-11-5-4-6-13(11)16-14/h7,9-10H,4-6H2,1-3H3. The normalized spacial score (nSPS) is 15.7. The number of pyridine rings is 1. The highest BCUT2D eigenvalue weighted by molar-refractivity contribution is 7.99. The number of hydrogen-bond donors (Lipinski definition) is 0. The van der Waals surface area contributed by atoms with Crippen LogP contribution in [0.15, 0.2) is 11.1 Å². The molecular weight excluding hydrogens is 228 g/mol. The number of fused-ring (bicyclic) bond motifs is 1. The largest absolute Gasteiger partial charge is 0.245 e. The first-order valence-corrected chi connectivity index (χ1v) is 7.09. The molecule has 1 aromatic rings. The summed E-state index contributed by atoms with van der Waals surface area (Å²) in [6.07, 6.45) is 3.34. The van der Waals surface area contributed by atoms with Crippen LogP contribution in [0.5, 0.6) is 0 Å². The summed E-state index contributed by atoms with van der Waals surface area (Å²) in [5.41, 5.74) is 3.24. The monoisotopic (exact) mass is 246 g/mol. The molecular formula is C14H18N2S. The van der Waals surface area contributed by atoms with E-state index in [-0.39, 0.29) is 0 Å². The van der Waals surface area contributed by atoms with Gasteiger partial charge in [-0.1, -0.05) is 20.8 Å². The van der Waals surface area contributed by atoms with Gasteiger partial charge in [-0.25, -0.2) is 4.98 Å². The minimum Gasteiger partial charge on any atom is -0.245 e. The smallest absolute Gasteiger partial charge is 0.114 e. The van der Waals surface area contributed by atoms with Crippen molar-refractivity contribution in [2.45, 2.75) is 50.3 Å². The molecule has 90 valence electrons. The molecule has 0 fully saturated rings. The second kappa shape index (κ2) is 5.10. The molecule has 2 rings (SSSR count). The fourth-order valence-electron chi connectivity index (χ4n) is 1.94. The lowest BCUT2D eigenvalue weighted by Crippen LogP contribution is -2.07. The zero-order valence-electron chi connectivity index (χ0n) is 10.7. The lowest BCUT2D eigenvalue weighted by molar-refractivity contribution is 0.641. The van der Waals surface area contributed by atoms with Gasteiger partial charge >= 0.3 is 0 Å². The van der Waals surface area contributed by atoms with E-state index in [0.29, 0.717) is 11.2 Å². The molecule has 0 aromatic carbocycles. The van der Waals surface area contributed by atoms with Gasteiger partial charge in [-0.05, 0) is 36.8 Å². The van der Waals surface area contributed by atoms with Gasteiger partial charge in [0.25, 0.3) is 0 Å². The second-order valence-electron chi connectivity index (χ2n) is 4.98. The first-order chi connectivity index (χ1) is 8.11. The number of nitriles is 1. The minimum atomic E-state index is 0.494. The molecule has 1 heterocycles. The number of thioether (sulfide) groups is 1. The SMILES string of the molecule is CC(C)C(C)Sc1nc2c(cc1C#N)CCC2. The van der Waals surface area contributed by atoms with Crippen molar-refractivity contribution >= 4 is 11.8 Å². The van der Waals surface area contributed by atoms with Crippen molar-refractivity contribution in [2.75, 3.05) is 0 Å². The maximum absolute atomic E-state index is 9.20. The molecule has 3 heteroatoms. The summed E-state index contributed by atoms with van der Waals surface area (Å²) in [6.45, 7) is 6.61. The van der Waals surface area contributed by atoms with Crippen LogP contribution in [0, 0.1) is 17.2 Å². The lowest BCUT2D eigenvalue weighted by atomic mass is 10.1. The van der Waals surface area contributed by atoms with E-state index < -0.39 is 0 Å². The Morgan fingerprint density at radius 1 is 1.35 bits per heavy atom. The Kier molecular flexibility index (Phi) is 3.73. The summed E-state index contributed by atoms with van der Waals surface area (Å²) in [7, 11) is 0. The molecule has 17 heavy (non-hydrogen) atoms. The molecule has 0 radical (unpaired) electrons. The van der Waals surface area contributed by atoms with Gasteiger partial charge in [0, 0.05) is 10.9 Å². The molecule has 1 aliphatic rings. The third-order valence-corrected chi connectivity index (χ3v) is 4.82. The number of hydrogen-bond acceptors (Lipinski definition) is 3. The summed E-state index contributed by atoms with van der Waals surface area (Å²) >= 11 is 1.74. The maximum atomic E-state index is 9.20. The van der Waals surface area contributed by atoms with Gasteiger partial charge in [0.15, 0.2) is 0 Å². The summed E-state index contributed by atoms with van der Waals surface area (Å²) in [5.74, 6) is 0.599. The van der Waals surface area contributed by atoms with E-state index in [4.69, 9.17) is 0 Å². The Morgan fingerprint density at radius 3 is 2.76 bits per heavy atom. The zero-order chi connectivity index (χ0) is 12.4. The Hall–Kier alpha value is -1.01. The van der Waals surface area contributed by atoms with Crippen molar-refractivity contribution in [3.63, 3.8) is 0 Å². The van der Waals surface area contributed by atoms with Crippen molar-refractivity contribution in [2.24, 2.45) is 5.92 Å². The van der Waals surface area contributed by atoms with Crippen molar-refractivity contribution < 1.29 is 0 Å². The molecule has 0 aliphatic heterocycles. The third-order valence-electron chi connectivity index (χ3n) is 3.37. The Morgan fingerprint density at radius 2 is 2.12 bits per heavy atom. The van der Waals surface area contributed by atoms with E-state index in [1.165, 1.54) is 17.7 Å². The predicted octanol–water partition coefficient (Wildman–Crippen LogP) is 3.58. The van der Waals surface area contributed by atoms with Crippen molar-refractivity contribution in [3.05, 3.63) is 22.9 Å². The van der Waals surface area contributed by atoms with Crippen LogP contribution in [0.3, 0.4) is 0 Å². The van der Waals surface area contributed by atoms with Crippen molar-refractivity contribution in [1.82, 2.24) is 4.98 Å². The minimum absolute atomic E-state index is 0.494. The molecule has 0 N–H and O–H groups in total. The van der Waals surface area contributed by atoms with E-state index >= 15 is 0 Å². The molecule has 0 saturated heterocycles. The second-order valence-corrected chi connectivity index (χ2v) is 6.35. The van der Waals surface area contributed by atoms with Gasteiger partial charge in [-0.2, -0.15) is 5.26 Å². The van der Waals surface area contributed by atoms with Gasteiger partial charge < -0.3 is 0 Å². The highest BCUT2D eigenvalue weighted by atomic mass is 32.2. The average molecular weight is 246 g/mol. The molecule has 1 unspecified atom stereocenters. The van der Waals surface area contributed by atoms with Crippen LogP contribution in [-0.4, -0.2) is 10.2 Å². The van der Waals surface area contributed by atoms with E-state index in [1.807, 2.05) is 6.07 Å². The molecule has 1 aliphatic carbocycles. The van der Waals surface area contributed by atoms with E-state index in [2.05, 4.69) is 31.8 Å². The average Bonchev–Trinajstić information content (AvgIpc) is 2.74. The fraction of sp³-hybridized carbons (Fsp3) is 0.571. The summed E-state index contributed by atoms with van der Waals surface area (Å²) < 4.78 is 0. The van der Waals surface area contributed by atoms with Crippen LogP contribution in [0.4, 0.5) is 0 Å². The van der Waals surface area contributed by atoms with Crippen molar-refractivity contribution in [1.29, 1.82) is 5.26 Å². The fourth-order valence-corrected chi connectivity index (χ4v) is 2.95. The van der Waals surface area contributed by atoms with Crippen LogP contribution in [0.1, 0.15) is 44.0 Å². The van der Waals surface area contributed by atoms with Gasteiger partial charge in [0.2, 0.25) is 0 Å². The molecule has 0 amide bonds. The van der Waals surface area contributed by atoms with Gasteiger partial charge in [0.1, 0.15) is 11.1 Å². The Bertz CT molecular complexity index is 460. The van der Waals surface area contributed by atoms with Crippen LogP contribution >= 0.6 is 11.8 Å². The van der Waals surface area contributed by atoms with Gasteiger partial charge in [0.05, 0.1) is 5.56 Å². The summed E-state index contributed by atoms with van der Waals surface area (Å²) in [5, 5.41) is 10.6. The van der Waals surface area contributed by atoms with Crippen LogP contribution in [0.25, 0.3) is 0 Å². The zero-order valence-corrected chi connectivity index (χ0v) is 11.5. The molecule has 0 saturated carbocycles. The molecule has 0 bridgehead atoms. The van der Waals surface area contributed by atoms with E-state index in [0.717, 1.165) is 23.4 Å². The van der Waals surface area contributed by atoms with Crippen molar-refractivity contribution in [3.8, 4) is 6.07 Å². The molecule has 2 nitrogen and oxygen atoms in total. The summed E-state index contributed by atoms with van der Waals surface area (Å²) in [4.78, 5) is 4.69. The number of rotatable bonds is 3.